The van der Waals surface area contributed by atoms with E-state index in [9.17, 15) is 18.8 Å². The summed E-state index contributed by atoms with van der Waals surface area (Å²) in [5, 5.41) is 0. The smallest absolute Gasteiger partial charge is 0.291 e. The zero-order chi connectivity index (χ0) is 21.3. The summed E-state index contributed by atoms with van der Waals surface area (Å²) in [6.45, 7) is 4.49. The number of hydrogen-bond donors (Lipinski definition) is 1. The lowest BCUT2D eigenvalue weighted by atomic mass is 9.84. The standard InChI is InChI=1S/C23H25FN2O3/c1-14-9-10-15(2)17(13-14)21(27)19-20(16-7-5-6-8-18(16)24)26(12-11-25(3)4)23(29)22(19)28/h5-10,13,19-20H,11-12H2,1-4H3/p+1. The number of likely N-dealkylation sites (N-methyl/N-ethyl adjacent to an activating group) is 1. The molecule has 2 aromatic rings. The number of nitrogens with one attached hydrogen (secondary N) is 1. The lowest BCUT2D eigenvalue weighted by molar-refractivity contribution is -0.857. The van der Waals surface area contributed by atoms with Gasteiger partial charge in [-0.3, -0.25) is 14.4 Å². The van der Waals surface area contributed by atoms with Crippen LogP contribution in [0.15, 0.2) is 42.5 Å². The molecule has 1 N–H and O–H groups in total. The topological polar surface area (TPSA) is 58.9 Å². The average molecular weight is 397 g/mol. The Balaban J connectivity index is 2.11. The fraction of sp³-hybridized carbons (Fsp3) is 0.348. The van der Waals surface area contributed by atoms with Crippen LogP contribution in [0, 0.1) is 25.6 Å². The van der Waals surface area contributed by atoms with Gasteiger partial charge in [-0.1, -0.05) is 35.9 Å². The maximum absolute atomic E-state index is 14.7. The molecule has 3 rings (SSSR count). The fourth-order valence-electron chi connectivity index (χ4n) is 3.80. The second-order valence-corrected chi connectivity index (χ2v) is 7.95. The second kappa shape index (κ2) is 8.25. The number of likely N-dealkylation sites (tertiary alicyclic amines) is 1. The third-order valence-corrected chi connectivity index (χ3v) is 5.42. The molecular weight excluding hydrogens is 371 g/mol. The Hall–Kier alpha value is -2.86. The largest absolute Gasteiger partial charge is 0.338 e. The van der Waals surface area contributed by atoms with Crippen LogP contribution >= 0.6 is 0 Å². The number of halogens is 1. The van der Waals surface area contributed by atoms with Gasteiger partial charge >= 0.3 is 0 Å². The maximum atomic E-state index is 14.7. The van der Waals surface area contributed by atoms with E-state index < -0.39 is 35.3 Å². The van der Waals surface area contributed by atoms with Gasteiger partial charge in [0.2, 0.25) is 5.78 Å². The predicted octanol–water partition coefficient (Wildman–Crippen LogP) is 1.54. The van der Waals surface area contributed by atoms with Crippen LogP contribution in [0.4, 0.5) is 4.39 Å². The van der Waals surface area contributed by atoms with Gasteiger partial charge in [-0.05, 0) is 31.5 Å². The molecule has 1 aliphatic heterocycles. The zero-order valence-electron chi connectivity index (χ0n) is 17.2. The van der Waals surface area contributed by atoms with Crippen molar-refractivity contribution in [2.75, 3.05) is 27.2 Å². The lowest BCUT2D eigenvalue weighted by Crippen LogP contribution is -3.06. The molecule has 2 atom stereocenters. The molecule has 5 nitrogen and oxygen atoms in total. The maximum Gasteiger partial charge on any atom is 0.291 e. The van der Waals surface area contributed by atoms with Crippen LogP contribution in [0.2, 0.25) is 0 Å². The first kappa shape index (κ1) is 20.9. The molecule has 152 valence electrons. The van der Waals surface area contributed by atoms with E-state index in [0.717, 1.165) is 16.0 Å². The molecule has 6 heteroatoms. The van der Waals surface area contributed by atoms with Gasteiger partial charge in [0, 0.05) is 11.1 Å². The van der Waals surface area contributed by atoms with Crippen molar-refractivity contribution in [3.8, 4) is 0 Å². The number of nitrogens with zero attached hydrogens (tertiary/aromatic N) is 1. The highest BCUT2D eigenvalue weighted by Crippen LogP contribution is 2.39. The van der Waals surface area contributed by atoms with Crippen molar-refractivity contribution in [2.45, 2.75) is 19.9 Å². The highest BCUT2D eigenvalue weighted by atomic mass is 19.1. The number of benzene rings is 2. The van der Waals surface area contributed by atoms with Crippen molar-refractivity contribution < 1.29 is 23.7 Å². The molecule has 0 bridgehead atoms. The van der Waals surface area contributed by atoms with Gasteiger partial charge in [-0.15, -0.1) is 0 Å². The quantitative estimate of drug-likeness (QED) is 0.457. The van der Waals surface area contributed by atoms with E-state index in [4.69, 9.17) is 0 Å². The number of Topliss-reactive ketones (excluding diaryl/α,β-unsaturated/α-hetero) is 2. The molecular formula is C23H26FN2O3+. The average Bonchev–Trinajstić information content (AvgIpc) is 2.92. The molecule has 1 saturated heterocycles. The van der Waals surface area contributed by atoms with Gasteiger partial charge in [0.1, 0.15) is 11.7 Å². The van der Waals surface area contributed by atoms with Crippen LogP contribution < -0.4 is 4.90 Å². The minimum absolute atomic E-state index is 0.198. The first-order valence-electron chi connectivity index (χ1n) is 9.72. The summed E-state index contributed by atoms with van der Waals surface area (Å²) in [7, 11) is 3.86. The van der Waals surface area contributed by atoms with Crippen LogP contribution in [0.25, 0.3) is 0 Å². The molecule has 0 saturated carbocycles. The van der Waals surface area contributed by atoms with Crippen molar-refractivity contribution in [2.24, 2.45) is 5.92 Å². The lowest BCUT2D eigenvalue weighted by Gasteiger charge is -2.28. The summed E-state index contributed by atoms with van der Waals surface area (Å²) < 4.78 is 14.7. The molecule has 2 unspecified atom stereocenters. The monoisotopic (exact) mass is 397 g/mol. The molecule has 2 aromatic carbocycles. The van der Waals surface area contributed by atoms with Gasteiger partial charge < -0.3 is 9.80 Å². The van der Waals surface area contributed by atoms with E-state index in [1.165, 1.54) is 11.0 Å². The molecule has 0 aromatic heterocycles. The van der Waals surface area contributed by atoms with Crippen molar-refractivity contribution in [3.63, 3.8) is 0 Å². The number of amides is 1. The minimum Gasteiger partial charge on any atom is -0.338 e. The van der Waals surface area contributed by atoms with E-state index in [0.29, 0.717) is 12.1 Å². The first-order valence-corrected chi connectivity index (χ1v) is 9.72. The van der Waals surface area contributed by atoms with Gasteiger partial charge in [-0.25, -0.2) is 4.39 Å². The molecule has 0 radical (unpaired) electrons. The Morgan fingerprint density at radius 1 is 1.10 bits per heavy atom. The van der Waals surface area contributed by atoms with Crippen LogP contribution in [-0.4, -0.2) is 49.6 Å². The zero-order valence-corrected chi connectivity index (χ0v) is 17.2. The second-order valence-electron chi connectivity index (χ2n) is 7.95. The third-order valence-electron chi connectivity index (χ3n) is 5.42. The van der Waals surface area contributed by atoms with E-state index in [1.54, 1.807) is 31.2 Å². The number of carbonyl (C=O) groups excluding carboxylic acids is 3. The number of carbonyl (C=O) groups is 3. The van der Waals surface area contributed by atoms with E-state index in [1.807, 2.05) is 33.2 Å². The minimum atomic E-state index is -1.25. The molecule has 1 fully saturated rings. The summed E-state index contributed by atoms with van der Waals surface area (Å²) in [4.78, 5) is 41.6. The normalized spacial score (nSPS) is 19.3. The summed E-state index contributed by atoms with van der Waals surface area (Å²) in [5.41, 5.74) is 2.21. The van der Waals surface area contributed by atoms with Crippen molar-refractivity contribution in [1.82, 2.24) is 4.90 Å². The fourth-order valence-corrected chi connectivity index (χ4v) is 3.80. The molecule has 0 aliphatic carbocycles. The summed E-state index contributed by atoms with van der Waals surface area (Å²) in [6.07, 6.45) is 0. The summed E-state index contributed by atoms with van der Waals surface area (Å²) >= 11 is 0. The Labute approximate surface area is 170 Å². The Morgan fingerprint density at radius 2 is 1.79 bits per heavy atom. The number of rotatable bonds is 6. The van der Waals surface area contributed by atoms with Gasteiger partial charge in [0.15, 0.2) is 5.78 Å². The van der Waals surface area contributed by atoms with Crippen molar-refractivity contribution in [3.05, 3.63) is 70.5 Å². The number of quaternary nitrogens is 1. The third kappa shape index (κ3) is 3.98. The van der Waals surface area contributed by atoms with E-state index in [2.05, 4.69) is 0 Å². The summed E-state index contributed by atoms with van der Waals surface area (Å²) in [5.74, 6) is -3.70. The summed E-state index contributed by atoms with van der Waals surface area (Å²) in [6, 6.07) is 10.5. The highest BCUT2D eigenvalue weighted by molar-refractivity contribution is 6.44. The van der Waals surface area contributed by atoms with Crippen molar-refractivity contribution in [1.29, 1.82) is 0 Å². The van der Waals surface area contributed by atoms with Gasteiger partial charge in [0.25, 0.3) is 5.91 Å². The van der Waals surface area contributed by atoms with Crippen molar-refractivity contribution >= 4 is 17.5 Å². The number of ketones is 2. The molecule has 29 heavy (non-hydrogen) atoms. The molecule has 1 amide bonds. The van der Waals surface area contributed by atoms with Crippen LogP contribution in [-0.2, 0) is 9.59 Å². The Kier molecular flexibility index (Phi) is 5.94. The van der Waals surface area contributed by atoms with Crippen LogP contribution in [0.3, 0.4) is 0 Å². The first-order chi connectivity index (χ1) is 13.7. The SMILES string of the molecule is Cc1ccc(C)c(C(=O)C2C(=O)C(=O)N(CC[NH+](C)C)C2c2ccccc2F)c1. The van der Waals surface area contributed by atoms with Crippen LogP contribution in [0.5, 0.6) is 0 Å². The van der Waals surface area contributed by atoms with Gasteiger partial charge in [0.05, 0.1) is 33.2 Å². The molecule has 0 spiro atoms. The molecule has 1 heterocycles. The Morgan fingerprint density at radius 3 is 2.45 bits per heavy atom. The highest BCUT2D eigenvalue weighted by Gasteiger charge is 2.52. The Bertz CT molecular complexity index is 970. The predicted molar refractivity (Wildman–Crippen MR) is 107 cm³/mol. The van der Waals surface area contributed by atoms with Gasteiger partial charge in [-0.2, -0.15) is 0 Å². The van der Waals surface area contributed by atoms with Crippen LogP contribution in [0.1, 0.15) is 33.1 Å². The van der Waals surface area contributed by atoms with E-state index >= 15 is 0 Å². The van der Waals surface area contributed by atoms with E-state index in [-0.39, 0.29) is 12.1 Å². The molecule has 1 aliphatic rings. The number of hydrogen-bond acceptors (Lipinski definition) is 3. The number of aryl methyl sites for hydroxylation is 2.